The van der Waals surface area contributed by atoms with Crippen molar-refractivity contribution in [3.05, 3.63) is 102 Å². The molecule has 0 radical (unpaired) electrons. The van der Waals surface area contributed by atoms with Crippen LogP contribution in [0.1, 0.15) is 16.7 Å². The van der Waals surface area contributed by atoms with Gasteiger partial charge in [-0.3, -0.25) is 4.98 Å². The van der Waals surface area contributed by atoms with Gasteiger partial charge in [0.25, 0.3) is 0 Å². The lowest BCUT2D eigenvalue weighted by atomic mass is 9.90. The minimum absolute atomic E-state index is 0.154. The van der Waals surface area contributed by atoms with E-state index in [-0.39, 0.29) is 22.4 Å². The predicted octanol–water partition coefficient (Wildman–Crippen LogP) is 9.14. The lowest BCUT2D eigenvalue weighted by Gasteiger charge is -2.17. The molecule has 0 bridgehead atoms. The summed E-state index contributed by atoms with van der Waals surface area (Å²) < 4.78 is 117. The Morgan fingerprint density at radius 1 is 0.417 bits per heavy atom. The smallest absolute Gasteiger partial charge is 0.256 e. The van der Waals surface area contributed by atoms with Crippen molar-refractivity contribution >= 4 is 0 Å². The van der Waals surface area contributed by atoms with Crippen LogP contribution in [0.5, 0.6) is 0 Å². The standard InChI is InChI=1S/C26H14F9N/c27-24(28,29)18-7-1-15(2-8-18)21-13-14-36-23(17-5-11-20(12-6-17)26(33,34)35)22(21)16-3-9-19(10-4-16)25(30,31)32/h1-14H. The molecule has 1 aromatic heterocycles. The number of halogens is 9. The first-order valence-electron chi connectivity index (χ1n) is 10.3. The van der Waals surface area contributed by atoms with Crippen molar-refractivity contribution in [2.75, 3.05) is 0 Å². The zero-order valence-corrected chi connectivity index (χ0v) is 17.9. The highest BCUT2D eigenvalue weighted by atomic mass is 19.4. The third-order valence-corrected chi connectivity index (χ3v) is 5.46. The van der Waals surface area contributed by atoms with Crippen molar-refractivity contribution < 1.29 is 39.5 Å². The van der Waals surface area contributed by atoms with Crippen LogP contribution in [0.15, 0.2) is 85.1 Å². The molecule has 4 aromatic rings. The van der Waals surface area contributed by atoms with Gasteiger partial charge >= 0.3 is 18.5 Å². The molecule has 0 unspecified atom stereocenters. The van der Waals surface area contributed by atoms with Gasteiger partial charge in [-0.25, -0.2) is 0 Å². The number of alkyl halides is 9. The van der Waals surface area contributed by atoms with Crippen LogP contribution in [-0.2, 0) is 18.5 Å². The average molecular weight is 511 g/mol. The molecule has 36 heavy (non-hydrogen) atoms. The second-order valence-corrected chi connectivity index (χ2v) is 7.81. The number of benzene rings is 3. The summed E-state index contributed by atoms with van der Waals surface area (Å²) in [6, 6.07) is 13.7. The van der Waals surface area contributed by atoms with Crippen molar-refractivity contribution in [2.24, 2.45) is 0 Å². The summed E-state index contributed by atoms with van der Waals surface area (Å²) >= 11 is 0. The van der Waals surface area contributed by atoms with E-state index >= 15 is 0 Å². The van der Waals surface area contributed by atoms with Gasteiger partial charge in [-0.1, -0.05) is 36.4 Å². The van der Waals surface area contributed by atoms with E-state index in [0.717, 1.165) is 36.4 Å². The average Bonchev–Trinajstić information content (AvgIpc) is 2.82. The Balaban J connectivity index is 1.91. The molecule has 4 rings (SSSR count). The predicted molar refractivity (Wildman–Crippen MR) is 116 cm³/mol. The highest BCUT2D eigenvalue weighted by molar-refractivity contribution is 5.92. The van der Waals surface area contributed by atoms with Crippen LogP contribution < -0.4 is 0 Å². The second-order valence-electron chi connectivity index (χ2n) is 7.81. The molecule has 3 aromatic carbocycles. The summed E-state index contributed by atoms with van der Waals surface area (Å²) in [5, 5.41) is 0. The van der Waals surface area contributed by atoms with E-state index in [1.165, 1.54) is 48.7 Å². The fraction of sp³-hybridized carbons (Fsp3) is 0.115. The van der Waals surface area contributed by atoms with Crippen LogP contribution in [0.25, 0.3) is 33.5 Å². The van der Waals surface area contributed by atoms with Crippen molar-refractivity contribution in [3.8, 4) is 33.5 Å². The second kappa shape index (κ2) is 9.00. The van der Waals surface area contributed by atoms with Crippen LogP contribution in [0.2, 0.25) is 0 Å². The Morgan fingerprint density at radius 3 is 1.17 bits per heavy atom. The summed E-state index contributed by atoms with van der Waals surface area (Å²) in [6.45, 7) is 0. The first kappa shape index (κ1) is 25.3. The third-order valence-electron chi connectivity index (χ3n) is 5.46. The van der Waals surface area contributed by atoms with Crippen LogP contribution in [-0.4, -0.2) is 4.98 Å². The molecule has 186 valence electrons. The van der Waals surface area contributed by atoms with E-state index in [0.29, 0.717) is 11.1 Å². The first-order valence-corrected chi connectivity index (χ1v) is 10.3. The minimum Gasteiger partial charge on any atom is -0.256 e. The zero-order chi connectivity index (χ0) is 26.3. The monoisotopic (exact) mass is 511 g/mol. The number of aromatic nitrogens is 1. The molecule has 10 heteroatoms. The molecule has 0 amide bonds. The van der Waals surface area contributed by atoms with Gasteiger partial charge in [0.15, 0.2) is 0 Å². The quantitative estimate of drug-likeness (QED) is 0.250. The summed E-state index contributed by atoms with van der Waals surface area (Å²) in [5.74, 6) is 0. The number of pyridine rings is 1. The molecule has 0 aliphatic heterocycles. The Labute approximate surface area is 198 Å². The van der Waals surface area contributed by atoms with E-state index in [1.54, 1.807) is 0 Å². The van der Waals surface area contributed by atoms with Gasteiger partial charge in [-0.15, -0.1) is 0 Å². The van der Waals surface area contributed by atoms with Crippen LogP contribution in [0, 0.1) is 0 Å². The number of hydrogen-bond acceptors (Lipinski definition) is 1. The van der Waals surface area contributed by atoms with Crippen molar-refractivity contribution in [3.63, 3.8) is 0 Å². The molecule has 0 N–H and O–H groups in total. The van der Waals surface area contributed by atoms with Gasteiger partial charge in [0, 0.05) is 17.3 Å². The van der Waals surface area contributed by atoms with E-state index in [1.807, 2.05) is 0 Å². The van der Waals surface area contributed by atoms with Crippen molar-refractivity contribution in [2.45, 2.75) is 18.5 Å². The molecule has 0 fully saturated rings. The lowest BCUT2D eigenvalue weighted by molar-refractivity contribution is -0.138. The van der Waals surface area contributed by atoms with Crippen LogP contribution in [0.4, 0.5) is 39.5 Å². The molecular formula is C26H14F9N. The van der Waals surface area contributed by atoms with E-state index in [4.69, 9.17) is 0 Å². The van der Waals surface area contributed by atoms with E-state index < -0.39 is 35.2 Å². The van der Waals surface area contributed by atoms with Gasteiger partial charge in [-0.05, 0) is 59.2 Å². The highest BCUT2D eigenvalue weighted by Gasteiger charge is 2.32. The van der Waals surface area contributed by atoms with Gasteiger partial charge in [-0.2, -0.15) is 39.5 Å². The summed E-state index contributed by atoms with van der Waals surface area (Å²) in [6.07, 6.45) is -12.4. The summed E-state index contributed by atoms with van der Waals surface area (Å²) in [5.41, 5.74) is -1.15. The van der Waals surface area contributed by atoms with E-state index in [9.17, 15) is 39.5 Å². The molecule has 1 nitrogen and oxygen atoms in total. The Kier molecular flexibility index (Phi) is 6.32. The molecule has 0 saturated carbocycles. The molecule has 1 heterocycles. The number of nitrogens with zero attached hydrogens (tertiary/aromatic N) is 1. The molecule has 0 saturated heterocycles. The van der Waals surface area contributed by atoms with Crippen LogP contribution in [0.3, 0.4) is 0 Å². The zero-order valence-electron chi connectivity index (χ0n) is 17.9. The Bertz CT molecular complexity index is 1270. The Morgan fingerprint density at radius 2 is 0.778 bits per heavy atom. The lowest BCUT2D eigenvalue weighted by Crippen LogP contribution is -2.05. The molecule has 0 aliphatic carbocycles. The largest absolute Gasteiger partial charge is 0.416 e. The summed E-state index contributed by atoms with van der Waals surface area (Å²) in [4.78, 5) is 4.25. The van der Waals surface area contributed by atoms with Gasteiger partial charge in [0.2, 0.25) is 0 Å². The molecule has 0 aliphatic rings. The first-order chi connectivity index (χ1) is 16.7. The topological polar surface area (TPSA) is 12.9 Å². The summed E-state index contributed by atoms with van der Waals surface area (Å²) in [7, 11) is 0. The van der Waals surface area contributed by atoms with Crippen molar-refractivity contribution in [1.82, 2.24) is 4.98 Å². The highest BCUT2D eigenvalue weighted by Crippen LogP contribution is 2.41. The van der Waals surface area contributed by atoms with Crippen molar-refractivity contribution in [1.29, 1.82) is 0 Å². The fourth-order valence-corrected chi connectivity index (χ4v) is 3.70. The Hall–Kier alpha value is -3.82. The number of rotatable bonds is 3. The fourth-order valence-electron chi connectivity index (χ4n) is 3.70. The normalized spacial score (nSPS) is 12.6. The molecular weight excluding hydrogens is 497 g/mol. The van der Waals surface area contributed by atoms with E-state index in [2.05, 4.69) is 4.98 Å². The van der Waals surface area contributed by atoms with Gasteiger partial charge < -0.3 is 0 Å². The number of hydrogen-bond donors (Lipinski definition) is 0. The van der Waals surface area contributed by atoms with Gasteiger partial charge in [0.05, 0.1) is 22.4 Å². The maximum atomic E-state index is 13.1. The van der Waals surface area contributed by atoms with Crippen LogP contribution >= 0.6 is 0 Å². The SMILES string of the molecule is FC(F)(F)c1ccc(-c2ccnc(-c3ccc(C(F)(F)F)cc3)c2-c2ccc(C(F)(F)F)cc2)cc1. The molecule has 0 atom stereocenters. The third kappa shape index (κ3) is 5.22. The van der Waals surface area contributed by atoms with Gasteiger partial charge in [0.1, 0.15) is 0 Å². The molecule has 0 spiro atoms. The maximum Gasteiger partial charge on any atom is 0.416 e. The maximum absolute atomic E-state index is 13.1. The minimum atomic E-state index is -4.60.